The molecule has 10 heteroatoms. The number of aliphatic hydroxyl groups is 1. The van der Waals surface area contributed by atoms with Gasteiger partial charge in [0.05, 0.1) is 12.1 Å². The monoisotopic (exact) mass is 733 g/mol. The molecule has 1 aliphatic rings. The fraction of sp³-hybridized carbons (Fsp3) is 0.406. The highest BCUT2D eigenvalue weighted by Crippen LogP contribution is 2.19. The molecule has 5 nitrogen and oxygen atoms in total. The Labute approximate surface area is 273 Å². The van der Waals surface area contributed by atoms with Crippen molar-refractivity contribution >= 4 is 53.3 Å². The highest BCUT2D eigenvalue weighted by molar-refractivity contribution is 14.1. The van der Waals surface area contributed by atoms with Gasteiger partial charge >= 0.3 is 0 Å². The molecule has 0 radical (unpaired) electrons. The fourth-order valence-electron chi connectivity index (χ4n) is 5.34. The molecule has 1 aliphatic carbocycles. The summed E-state index contributed by atoms with van der Waals surface area (Å²) >= 11 is 2.25. The Morgan fingerprint density at radius 2 is 1.64 bits per heavy atom. The van der Waals surface area contributed by atoms with E-state index in [2.05, 4.69) is 44.6 Å². The number of aliphatic hydroxyl groups excluding tert-OH is 1. The predicted molar refractivity (Wildman–Crippen MR) is 178 cm³/mol. The summed E-state index contributed by atoms with van der Waals surface area (Å²) in [5.41, 5.74) is 3.92. The number of carbonyl (C=O) groups is 1. The van der Waals surface area contributed by atoms with Crippen LogP contribution in [0.15, 0.2) is 60.7 Å². The van der Waals surface area contributed by atoms with Crippen LogP contribution >= 0.6 is 47.4 Å². The van der Waals surface area contributed by atoms with E-state index < -0.39 is 23.8 Å². The number of hydrogen-bond donors (Lipinski definition) is 4. The van der Waals surface area contributed by atoms with E-state index in [4.69, 9.17) is 0 Å². The van der Waals surface area contributed by atoms with Crippen molar-refractivity contribution in [2.45, 2.75) is 76.7 Å². The minimum atomic E-state index is -0.990. The van der Waals surface area contributed by atoms with Crippen molar-refractivity contribution in [3.63, 3.8) is 0 Å². The number of amides is 1. The largest absolute Gasteiger partial charge is 0.390 e. The van der Waals surface area contributed by atoms with Crippen LogP contribution in [-0.4, -0.2) is 35.7 Å². The predicted octanol–water partition coefficient (Wildman–Crippen LogP) is 6.64. The van der Waals surface area contributed by atoms with Crippen molar-refractivity contribution in [1.29, 1.82) is 0 Å². The maximum absolute atomic E-state index is 13.9. The number of carbonyl (C=O) groups excluding carboxylic acids is 1. The Morgan fingerprint density at radius 1 is 0.929 bits per heavy atom. The van der Waals surface area contributed by atoms with E-state index in [1.807, 2.05) is 43.3 Å². The number of aryl methyl sites for hydroxylation is 1. The lowest BCUT2D eigenvalue weighted by molar-refractivity contribution is 0.0829. The Hall–Kier alpha value is -1.82. The smallest absolute Gasteiger partial charge is 0.251 e. The van der Waals surface area contributed by atoms with Crippen molar-refractivity contribution in [1.82, 2.24) is 16.0 Å². The molecule has 1 saturated carbocycles. The van der Waals surface area contributed by atoms with Crippen LogP contribution in [0.5, 0.6) is 0 Å². The average molecular weight is 734 g/mol. The minimum Gasteiger partial charge on any atom is -0.390 e. The van der Waals surface area contributed by atoms with E-state index in [0.29, 0.717) is 30.3 Å². The molecule has 42 heavy (non-hydrogen) atoms. The second kappa shape index (κ2) is 18.1. The van der Waals surface area contributed by atoms with Crippen LogP contribution in [0.2, 0.25) is 0 Å². The van der Waals surface area contributed by atoms with Gasteiger partial charge in [0.25, 0.3) is 5.91 Å². The zero-order valence-electron chi connectivity index (χ0n) is 23.7. The first-order valence-corrected chi connectivity index (χ1v) is 15.1. The maximum atomic E-state index is 13.9. The summed E-state index contributed by atoms with van der Waals surface area (Å²) in [6.45, 7) is 3.37. The molecule has 0 bridgehead atoms. The second-order valence-corrected chi connectivity index (χ2v) is 12.1. The molecule has 2 atom stereocenters. The summed E-state index contributed by atoms with van der Waals surface area (Å²) in [5.74, 6) is -1.72. The zero-order chi connectivity index (χ0) is 28.5. The summed E-state index contributed by atoms with van der Waals surface area (Å²) in [7, 11) is 0. The Morgan fingerprint density at radius 3 is 2.33 bits per heavy atom. The molecular formula is C32H40Cl2F2IN3O2. The third-order valence-electron chi connectivity index (χ3n) is 7.33. The van der Waals surface area contributed by atoms with Gasteiger partial charge in [0, 0.05) is 40.9 Å². The van der Waals surface area contributed by atoms with Gasteiger partial charge in [-0.25, -0.2) is 8.78 Å². The van der Waals surface area contributed by atoms with Crippen LogP contribution in [0.1, 0.15) is 64.7 Å². The molecule has 1 fully saturated rings. The molecule has 4 N–H and O–H groups in total. The van der Waals surface area contributed by atoms with Gasteiger partial charge in [-0.15, -0.1) is 24.8 Å². The van der Waals surface area contributed by atoms with Gasteiger partial charge < -0.3 is 21.1 Å². The van der Waals surface area contributed by atoms with Crippen LogP contribution in [0.25, 0.3) is 0 Å². The number of nitrogens with one attached hydrogen (secondary N) is 3. The Kier molecular flexibility index (Phi) is 15.7. The molecule has 3 aromatic carbocycles. The molecule has 1 amide bonds. The molecular weight excluding hydrogens is 694 g/mol. The van der Waals surface area contributed by atoms with Gasteiger partial charge in [0.2, 0.25) is 0 Å². The summed E-state index contributed by atoms with van der Waals surface area (Å²) in [6.07, 6.45) is 5.23. The van der Waals surface area contributed by atoms with E-state index in [9.17, 15) is 18.7 Å². The van der Waals surface area contributed by atoms with Crippen LogP contribution in [0, 0.1) is 22.1 Å². The third kappa shape index (κ3) is 11.7. The van der Waals surface area contributed by atoms with Crippen LogP contribution in [-0.2, 0) is 19.5 Å². The first-order chi connectivity index (χ1) is 19.2. The van der Waals surface area contributed by atoms with Gasteiger partial charge in [-0.3, -0.25) is 4.79 Å². The normalized spacial score (nSPS) is 14.8. The second-order valence-electron chi connectivity index (χ2n) is 10.8. The zero-order valence-corrected chi connectivity index (χ0v) is 27.5. The van der Waals surface area contributed by atoms with Gasteiger partial charge in [0.1, 0.15) is 11.6 Å². The molecule has 0 heterocycles. The molecule has 3 aromatic rings. The van der Waals surface area contributed by atoms with E-state index in [1.165, 1.54) is 44.2 Å². The van der Waals surface area contributed by atoms with E-state index >= 15 is 0 Å². The van der Waals surface area contributed by atoms with Gasteiger partial charge in [-0.2, -0.15) is 0 Å². The topological polar surface area (TPSA) is 73.4 Å². The highest BCUT2D eigenvalue weighted by atomic mass is 127. The van der Waals surface area contributed by atoms with Gasteiger partial charge in [0.15, 0.2) is 0 Å². The van der Waals surface area contributed by atoms with Crippen LogP contribution in [0.3, 0.4) is 0 Å². The quantitative estimate of drug-likeness (QED) is 0.158. The van der Waals surface area contributed by atoms with E-state index in [-0.39, 0.29) is 43.7 Å². The van der Waals surface area contributed by atoms with Gasteiger partial charge in [-0.05, 0) is 102 Å². The lowest BCUT2D eigenvalue weighted by atomic mass is 9.95. The molecule has 0 aromatic heterocycles. The van der Waals surface area contributed by atoms with Crippen LogP contribution in [0.4, 0.5) is 8.78 Å². The first kappa shape index (κ1) is 36.4. The van der Waals surface area contributed by atoms with Crippen molar-refractivity contribution in [2.75, 3.05) is 6.54 Å². The Bertz CT molecular complexity index is 1270. The summed E-state index contributed by atoms with van der Waals surface area (Å²) in [5, 5.41) is 20.9. The summed E-state index contributed by atoms with van der Waals surface area (Å²) in [6, 6.07) is 16.8. The molecule has 230 valence electrons. The SMILES string of the molecule is Cc1cc(CNC2CCCCC2)cc(C(=O)N[C@@H](Cc2cc(F)cc(F)c2)[C@@H](O)CNCc2cccc(I)c2)c1.Cl.Cl. The highest BCUT2D eigenvalue weighted by Gasteiger charge is 2.23. The number of rotatable bonds is 12. The standard InChI is InChI=1S/C32H38F2IN3O2.2ClH/c1-21-10-24(19-37-29-8-3-2-4-9-29)12-25(11-21)32(40)38-30(16-23-13-26(33)17-27(34)14-23)31(39)20-36-18-22-6-5-7-28(35)15-22;;/h5-7,10-15,17,29-31,36-37,39H,2-4,8-9,16,18-20H2,1H3,(H,38,40);2*1H/t30-,31-;;/m0../s1. The third-order valence-corrected chi connectivity index (χ3v) is 8.00. The minimum absolute atomic E-state index is 0. The number of halogens is 5. The molecule has 0 spiro atoms. The first-order valence-electron chi connectivity index (χ1n) is 14.0. The number of benzene rings is 3. The molecule has 4 rings (SSSR count). The van der Waals surface area contributed by atoms with E-state index in [0.717, 1.165) is 26.3 Å². The van der Waals surface area contributed by atoms with Crippen molar-refractivity contribution in [2.24, 2.45) is 0 Å². The lowest BCUT2D eigenvalue weighted by Crippen LogP contribution is -2.48. The lowest BCUT2D eigenvalue weighted by Gasteiger charge is -2.25. The van der Waals surface area contributed by atoms with Crippen molar-refractivity contribution in [3.05, 3.63) is 104 Å². The maximum Gasteiger partial charge on any atom is 0.251 e. The molecule has 0 aliphatic heterocycles. The fourth-order valence-corrected chi connectivity index (χ4v) is 5.94. The van der Waals surface area contributed by atoms with Crippen molar-refractivity contribution < 1.29 is 18.7 Å². The Balaban J connectivity index is 0.00000308. The summed E-state index contributed by atoms with van der Waals surface area (Å²) in [4.78, 5) is 13.4. The van der Waals surface area contributed by atoms with Gasteiger partial charge in [-0.1, -0.05) is 43.0 Å². The summed E-state index contributed by atoms with van der Waals surface area (Å²) < 4.78 is 28.9. The average Bonchev–Trinajstić information content (AvgIpc) is 2.91. The van der Waals surface area contributed by atoms with Crippen LogP contribution < -0.4 is 16.0 Å². The molecule has 0 saturated heterocycles. The number of hydrogen-bond acceptors (Lipinski definition) is 4. The van der Waals surface area contributed by atoms with Crippen molar-refractivity contribution in [3.8, 4) is 0 Å². The molecule has 0 unspecified atom stereocenters. The van der Waals surface area contributed by atoms with E-state index in [1.54, 1.807) is 0 Å².